The molecule has 0 aromatic heterocycles. The van der Waals surface area contributed by atoms with E-state index in [4.69, 9.17) is 0 Å². The Balaban J connectivity index is 2.90. The number of nitro benzene ring substituents is 1. The Hall–Kier alpha value is -1.63. The first-order valence-corrected chi connectivity index (χ1v) is 6.35. The summed E-state index contributed by atoms with van der Waals surface area (Å²) in [6, 6.07) is 5.40. The van der Waals surface area contributed by atoms with E-state index in [0.29, 0.717) is 6.42 Å². The molecule has 0 amide bonds. The molecule has 0 saturated carbocycles. The lowest BCUT2D eigenvalue weighted by Gasteiger charge is -2.06. The van der Waals surface area contributed by atoms with Crippen molar-refractivity contribution in [2.75, 3.05) is 10.5 Å². The molecule has 1 N–H and O–H groups in total. The minimum absolute atomic E-state index is 0.00427. The van der Waals surface area contributed by atoms with Crippen molar-refractivity contribution in [1.82, 2.24) is 0 Å². The first-order valence-electron chi connectivity index (χ1n) is 4.69. The average Bonchev–Trinajstić information content (AvgIpc) is 2.17. The van der Waals surface area contributed by atoms with Gasteiger partial charge in [-0.1, -0.05) is 13.0 Å². The van der Waals surface area contributed by atoms with E-state index in [1.54, 1.807) is 6.92 Å². The lowest BCUT2D eigenvalue weighted by molar-refractivity contribution is -0.384. The van der Waals surface area contributed by atoms with E-state index in [1.165, 1.54) is 24.3 Å². The fraction of sp³-hybridized carbons (Fsp3) is 0.333. The number of hydrogen-bond acceptors (Lipinski definition) is 4. The third kappa shape index (κ3) is 3.50. The van der Waals surface area contributed by atoms with Gasteiger partial charge in [-0.2, -0.15) is 0 Å². The second kappa shape index (κ2) is 4.93. The topological polar surface area (TPSA) is 89.3 Å². The normalized spacial score (nSPS) is 11.1. The molecule has 16 heavy (non-hydrogen) atoms. The highest BCUT2D eigenvalue weighted by Crippen LogP contribution is 2.18. The van der Waals surface area contributed by atoms with Crippen molar-refractivity contribution >= 4 is 21.4 Å². The lowest BCUT2D eigenvalue weighted by Crippen LogP contribution is -2.16. The van der Waals surface area contributed by atoms with Crippen molar-refractivity contribution in [1.29, 1.82) is 0 Å². The predicted molar refractivity (Wildman–Crippen MR) is 60.8 cm³/mol. The Labute approximate surface area is 93.5 Å². The van der Waals surface area contributed by atoms with Crippen LogP contribution in [0.15, 0.2) is 24.3 Å². The fourth-order valence-corrected chi connectivity index (χ4v) is 2.31. The van der Waals surface area contributed by atoms with Crippen LogP contribution >= 0.6 is 0 Å². The van der Waals surface area contributed by atoms with Crippen molar-refractivity contribution in [3.63, 3.8) is 0 Å². The molecule has 0 aliphatic heterocycles. The summed E-state index contributed by atoms with van der Waals surface area (Å²) in [6.07, 6.45) is 0.490. The summed E-state index contributed by atoms with van der Waals surface area (Å²) in [5.41, 5.74) is 0.0688. The molecular formula is C9H12N2O4S. The van der Waals surface area contributed by atoms with Crippen LogP contribution in [-0.4, -0.2) is 19.1 Å². The van der Waals surface area contributed by atoms with Crippen molar-refractivity contribution < 1.29 is 13.3 Å². The van der Waals surface area contributed by atoms with Gasteiger partial charge in [0.2, 0.25) is 10.0 Å². The second-order valence-corrected chi connectivity index (χ2v) is 5.07. The molecule has 88 valence electrons. The molecule has 0 fully saturated rings. The maximum Gasteiger partial charge on any atom is 0.271 e. The van der Waals surface area contributed by atoms with E-state index in [-0.39, 0.29) is 17.1 Å². The van der Waals surface area contributed by atoms with E-state index in [0.717, 1.165) is 0 Å². The Morgan fingerprint density at radius 3 is 2.69 bits per heavy atom. The molecule has 7 heteroatoms. The molecule has 0 atom stereocenters. The van der Waals surface area contributed by atoms with E-state index >= 15 is 0 Å². The molecule has 0 unspecified atom stereocenters. The largest absolute Gasteiger partial charge is 0.283 e. The van der Waals surface area contributed by atoms with Gasteiger partial charge in [0.05, 0.1) is 16.4 Å². The Kier molecular flexibility index (Phi) is 3.83. The summed E-state index contributed by atoms with van der Waals surface area (Å²) in [7, 11) is -3.40. The van der Waals surface area contributed by atoms with Crippen molar-refractivity contribution in [2.24, 2.45) is 0 Å². The molecule has 1 aromatic carbocycles. The first-order chi connectivity index (χ1) is 7.44. The third-order valence-corrected chi connectivity index (χ3v) is 3.30. The average molecular weight is 244 g/mol. The number of hydrogen-bond donors (Lipinski definition) is 1. The van der Waals surface area contributed by atoms with E-state index < -0.39 is 14.9 Å². The smallest absolute Gasteiger partial charge is 0.271 e. The van der Waals surface area contributed by atoms with Gasteiger partial charge in [-0.25, -0.2) is 8.42 Å². The standard InChI is InChI=1S/C9H12N2O4S/c1-2-6-16(14,15)10-8-4-3-5-9(7-8)11(12)13/h3-5,7,10H,2,6H2,1H3. The van der Waals surface area contributed by atoms with Gasteiger partial charge in [0.25, 0.3) is 5.69 Å². The maximum absolute atomic E-state index is 11.4. The molecule has 1 rings (SSSR count). The quantitative estimate of drug-likeness (QED) is 0.631. The Morgan fingerprint density at radius 1 is 1.44 bits per heavy atom. The molecule has 0 aliphatic carbocycles. The summed E-state index contributed by atoms with van der Waals surface area (Å²) < 4.78 is 25.1. The van der Waals surface area contributed by atoms with Crippen LogP contribution in [0.5, 0.6) is 0 Å². The highest BCUT2D eigenvalue weighted by molar-refractivity contribution is 7.92. The monoisotopic (exact) mass is 244 g/mol. The summed E-state index contributed by atoms with van der Waals surface area (Å²) in [5.74, 6) is -0.00427. The van der Waals surface area contributed by atoms with Gasteiger partial charge in [0.1, 0.15) is 0 Å². The van der Waals surface area contributed by atoms with Crippen LogP contribution in [0.2, 0.25) is 0 Å². The van der Waals surface area contributed by atoms with Gasteiger partial charge >= 0.3 is 0 Å². The maximum atomic E-state index is 11.4. The second-order valence-electron chi connectivity index (χ2n) is 3.23. The van der Waals surface area contributed by atoms with Gasteiger partial charge in [0.15, 0.2) is 0 Å². The van der Waals surface area contributed by atoms with E-state index in [2.05, 4.69) is 4.72 Å². The minimum Gasteiger partial charge on any atom is -0.283 e. The lowest BCUT2D eigenvalue weighted by atomic mass is 10.3. The van der Waals surface area contributed by atoms with Crippen LogP contribution < -0.4 is 4.72 Å². The van der Waals surface area contributed by atoms with Gasteiger partial charge in [-0.15, -0.1) is 0 Å². The first kappa shape index (κ1) is 12.4. The van der Waals surface area contributed by atoms with Crippen molar-refractivity contribution in [2.45, 2.75) is 13.3 Å². The summed E-state index contributed by atoms with van der Waals surface area (Å²) in [6.45, 7) is 1.74. The number of sulfonamides is 1. The minimum atomic E-state index is -3.40. The van der Waals surface area contributed by atoms with Crippen LogP contribution in [0.25, 0.3) is 0 Å². The van der Waals surface area contributed by atoms with Gasteiger partial charge < -0.3 is 0 Å². The van der Waals surface area contributed by atoms with Gasteiger partial charge in [-0.05, 0) is 12.5 Å². The SMILES string of the molecule is CCCS(=O)(=O)Nc1cccc([N+](=O)[O-])c1. The number of nitro groups is 1. The number of anilines is 1. The molecule has 6 nitrogen and oxygen atoms in total. The Bertz CT molecular complexity index is 484. The number of non-ortho nitro benzene ring substituents is 1. The fourth-order valence-electron chi connectivity index (χ4n) is 1.18. The number of rotatable bonds is 5. The molecule has 0 saturated heterocycles. The number of nitrogens with one attached hydrogen (secondary N) is 1. The van der Waals surface area contributed by atoms with Crippen LogP contribution in [0, 0.1) is 10.1 Å². The van der Waals surface area contributed by atoms with Crippen LogP contribution in [0.3, 0.4) is 0 Å². The molecule has 0 spiro atoms. The summed E-state index contributed by atoms with van der Waals surface area (Å²) in [4.78, 5) is 9.90. The van der Waals surface area contributed by atoms with Crippen LogP contribution in [0.4, 0.5) is 11.4 Å². The molecular weight excluding hydrogens is 232 g/mol. The highest BCUT2D eigenvalue weighted by atomic mass is 32.2. The zero-order chi connectivity index (χ0) is 12.2. The van der Waals surface area contributed by atoms with Gasteiger partial charge in [0, 0.05) is 12.1 Å². The van der Waals surface area contributed by atoms with Crippen LogP contribution in [0.1, 0.15) is 13.3 Å². The third-order valence-electron chi connectivity index (χ3n) is 1.80. The predicted octanol–water partition coefficient (Wildman–Crippen LogP) is 1.75. The highest BCUT2D eigenvalue weighted by Gasteiger charge is 2.11. The van der Waals surface area contributed by atoms with Crippen LogP contribution in [-0.2, 0) is 10.0 Å². The Morgan fingerprint density at radius 2 is 2.12 bits per heavy atom. The summed E-state index contributed by atoms with van der Waals surface area (Å²) >= 11 is 0. The van der Waals surface area contributed by atoms with Crippen molar-refractivity contribution in [3.8, 4) is 0 Å². The molecule has 0 aliphatic rings. The van der Waals surface area contributed by atoms with E-state index in [9.17, 15) is 18.5 Å². The number of benzene rings is 1. The van der Waals surface area contributed by atoms with E-state index in [1.807, 2.05) is 0 Å². The number of nitrogens with zero attached hydrogens (tertiary/aromatic N) is 1. The zero-order valence-electron chi connectivity index (χ0n) is 8.71. The molecule has 0 radical (unpaired) electrons. The zero-order valence-corrected chi connectivity index (χ0v) is 9.53. The molecule has 1 aromatic rings. The van der Waals surface area contributed by atoms with Crippen molar-refractivity contribution in [3.05, 3.63) is 34.4 Å². The molecule has 0 heterocycles. The van der Waals surface area contributed by atoms with Gasteiger partial charge in [-0.3, -0.25) is 14.8 Å². The molecule has 0 bridgehead atoms. The summed E-state index contributed by atoms with van der Waals surface area (Å²) in [5, 5.41) is 10.5.